The first-order valence-electron chi connectivity index (χ1n) is 12.5. The van der Waals surface area contributed by atoms with E-state index in [1.807, 2.05) is 46.8 Å². The van der Waals surface area contributed by atoms with Crippen molar-refractivity contribution in [3.63, 3.8) is 0 Å². The molecule has 1 aromatic carbocycles. The molecule has 4 aromatic rings. The highest BCUT2D eigenvalue weighted by atomic mass is 16.5. The zero-order valence-electron chi connectivity index (χ0n) is 21.4. The molecule has 9 heteroatoms. The van der Waals surface area contributed by atoms with Crippen molar-refractivity contribution < 1.29 is 9.53 Å². The standard InChI is InChI=1S/C27H33N7O2/c1-5-33-17-22(19(2)29-33)16-31-12-14-32(15-13-31)25(35)18-34-27-26(20(3)30-34)24(10-11-28-27)21-6-8-23(36-4)9-7-21/h6-11,17H,5,12-16,18H2,1-4H3. The van der Waals surface area contributed by atoms with Gasteiger partial charge in [0.05, 0.1) is 18.5 Å². The summed E-state index contributed by atoms with van der Waals surface area (Å²) < 4.78 is 9.02. The van der Waals surface area contributed by atoms with Gasteiger partial charge >= 0.3 is 0 Å². The molecule has 0 unspecified atom stereocenters. The number of methoxy groups -OCH3 is 1. The Kier molecular flexibility index (Phi) is 6.73. The van der Waals surface area contributed by atoms with Crippen LogP contribution in [0.2, 0.25) is 0 Å². The van der Waals surface area contributed by atoms with E-state index in [9.17, 15) is 4.79 Å². The number of benzene rings is 1. The van der Waals surface area contributed by atoms with Crippen molar-refractivity contribution in [3.05, 3.63) is 59.7 Å². The Labute approximate surface area is 211 Å². The summed E-state index contributed by atoms with van der Waals surface area (Å²) in [5, 5.41) is 10.2. The minimum atomic E-state index is 0.0747. The number of aryl methyl sites for hydroxylation is 3. The molecule has 0 saturated carbocycles. The lowest BCUT2D eigenvalue weighted by atomic mass is 10.0. The summed E-state index contributed by atoms with van der Waals surface area (Å²) in [6.07, 6.45) is 3.91. The number of nitrogens with zero attached hydrogens (tertiary/aromatic N) is 7. The number of fused-ring (bicyclic) bond motifs is 1. The zero-order chi connectivity index (χ0) is 25.2. The van der Waals surface area contributed by atoms with Gasteiger partial charge in [0, 0.05) is 62.6 Å². The van der Waals surface area contributed by atoms with Gasteiger partial charge in [0.25, 0.3) is 0 Å². The first-order chi connectivity index (χ1) is 17.5. The van der Waals surface area contributed by atoms with Crippen LogP contribution in [0.4, 0.5) is 0 Å². The Morgan fingerprint density at radius 1 is 1.00 bits per heavy atom. The Hall–Kier alpha value is -3.72. The van der Waals surface area contributed by atoms with Crippen LogP contribution in [-0.4, -0.2) is 73.5 Å². The highest BCUT2D eigenvalue weighted by Gasteiger charge is 2.24. The molecule has 4 heterocycles. The van der Waals surface area contributed by atoms with E-state index < -0.39 is 0 Å². The maximum Gasteiger partial charge on any atom is 0.244 e. The Morgan fingerprint density at radius 3 is 2.42 bits per heavy atom. The van der Waals surface area contributed by atoms with Crippen molar-refractivity contribution in [3.8, 4) is 16.9 Å². The number of piperazine rings is 1. The van der Waals surface area contributed by atoms with Crippen molar-refractivity contribution in [1.82, 2.24) is 34.3 Å². The Balaban J connectivity index is 1.27. The third kappa shape index (κ3) is 4.70. The van der Waals surface area contributed by atoms with Gasteiger partial charge in [-0.05, 0) is 50.1 Å². The maximum absolute atomic E-state index is 13.2. The van der Waals surface area contributed by atoms with Crippen LogP contribution in [0.15, 0.2) is 42.7 Å². The largest absolute Gasteiger partial charge is 0.497 e. The smallest absolute Gasteiger partial charge is 0.244 e. The summed E-state index contributed by atoms with van der Waals surface area (Å²) in [6, 6.07) is 9.95. The SMILES string of the molecule is CCn1cc(CN2CCN(C(=O)Cn3nc(C)c4c(-c5ccc(OC)cc5)ccnc43)CC2)c(C)n1. The predicted octanol–water partition coefficient (Wildman–Crippen LogP) is 3.28. The molecule has 1 amide bonds. The van der Waals surface area contributed by atoms with Crippen LogP contribution in [0.3, 0.4) is 0 Å². The summed E-state index contributed by atoms with van der Waals surface area (Å²) in [6.45, 7) is 11.2. The highest BCUT2D eigenvalue weighted by molar-refractivity contribution is 5.95. The minimum absolute atomic E-state index is 0.0747. The van der Waals surface area contributed by atoms with Crippen LogP contribution in [0, 0.1) is 13.8 Å². The van der Waals surface area contributed by atoms with Crippen LogP contribution < -0.4 is 4.74 Å². The first kappa shape index (κ1) is 24.0. The molecular weight excluding hydrogens is 454 g/mol. The fourth-order valence-corrected chi connectivity index (χ4v) is 4.90. The van der Waals surface area contributed by atoms with E-state index in [0.717, 1.165) is 65.5 Å². The molecule has 3 aromatic heterocycles. The minimum Gasteiger partial charge on any atom is -0.497 e. The second-order valence-electron chi connectivity index (χ2n) is 9.28. The predicted molar refractivity (Wildman–Crippen MR) is 139 cm³/mol. The number of hydrogen-bond donors (Lipinski definition) is 0. The molecule has 1 aliphatic rings. The summed E-state index contributed by atoms with van der Waals surface area (Å²) in [4.78, 5) is 22.1. The topological polar surface area (TPSA) is 81.3 Å². The van der Waals surface area contributed by atoms with Crippen LogP contribution in [-0.2, 0) is 24.4 Å². The Morgan fingerprint density at radius 2 is 1.75 bits per heavy atom. The molecule has 1 aliphatic heterocycles. The lowest BCUT2D eigenvalue weighted by Gasteiger charge is -2.34. The molecule has 0 N–H and O–H groups in total. The van der Waals surface area contributed by atoms with Gasteiger partial charge in [0.15, 0.2) is 5.65 Å². The van der Waals surface area contributed by atoms with Crippen molar-refractivity contribution in [2.45, 2.75) is 40.4 Å². The van der Waals surface area contributed by atoms with Gasteiger partial charge < -0.3 is 9.64 Å². The van der Waals surface area contributed by atoms with E-state index in [-0.39, 0.29) is 12.5 Å². The van der Waals surface area contributed by atoms with Crippen LogP contribution in [0.1, 0.15) is 23.9 Å². The summed E-state index contributed by atoms with van der Waals surface area (Å²) in [5.74, 6) is 0.888. The molecule has 188 valence electrons. The third-order valence-electron chi connectivity index (χ3n) is 6.98. The second-order valence-corrected chi connectivity index (χ2v) is 9.28. The summed E-state index contributed by atoms with van der Waals surface area (Å²) in [5.41, 5.74) is 6.05. The first-order valence-corrected chi connectivity index (χ1v) is 12.5. The molecule has 1 fully saturated rings. The van der Waals surface area contributed by atoms with Gasteiger partial charge in [0.1, 0.15) is 12.3 Å². The number of pyridine rings is 1. The van der Waals surface area contributed by atoms with Crippen molar-refractivity contribution in [1.29, 1.82) is 0 Å². The van der Waals surface area contributed by atoms with Gasteiger partial charge in [-0.1, -0.05) is 12.1 Å². The molecule has 0 atom stereocenters. The summed E-state index contributed by atoms with van der Waals surface area (Å²) in [7, 11) is 1.66. The fourth-order valence-electron chi connectivity index (χ4n) is 4.90. The third-order valence-corrected chi connectivity index (χ3v) is 6.98. The quantitative estimate of drug-likeness (QED) is 0.398. The molecule has 0 bridgehead atoms. The number of carbonyl (C=O) groups is 1. The monoisotopic (exact) mass is 487 g/mol. The molecule has 0 radical (unpaired) electrons. The van der Waals surface area contributed by atoms with E-state index in [1.165, 1.54) is 5.56 Å². The number of carbonyl (C=O) groups excluding carboxylic acids is 1. The number of ether oxygens (including phenoxy) is 1. The highest BCUT2D eigenvalue weighted by Crippen LogP contribution is 2.31. The van der Waals surface area contributed by atoms with Gasteiger partial charge in [-0.3, -0.25) is 14.4 Å². The maximum atomic E-state index is 13.2. The van der Waals surface area contributed by atoms with Gasteiger partial charge in [0.2, 0.25) is 5.91 Å². The van der Waals surface area contributed by atoms with Gasteiger partial charge in [-0.25, -0.2) is 9.67 Å². The zero-order valence-corrected chi connectivity index (χ0v) is 21.4. The Bertz CT molecular complexity index is 1370. The number of rotatable bonds is 7. The van der Waals surface area contributed by atoms with Gasteiger partial charge in [-0.15, -0.1) is 0 Å². The molecule has 5 rings (SSSR count). The van der Waals surface area contributed by atoms with Crippen molar-refractivity contribution in [2.24, 2.45) is 0 Å². The number of hydrogen-bond acceptors (Lipinski definition) is 6. The van der Waals surface area contributed by atoms with Gasteiger partial charge in [-0.2, -0.15) is 10.2 Å². The summed E-state index contributed by atoms with van der Waals surface area (Å²) >= 11 is 0. The van der Waals surface area contributed by atoms with E-state index in [2.05, 4.69) is 35.0 Å². The van der Waals surface area contributed by atoms with Crippen molar-refractivity contribution >= 4 is 16.9 Å². The fraction of sp³-hybridized carbons (Fsp3) is 0.407. The molecule has 0 aliphatic carbocycles. The number of amides is 1. The van der Waals surface area contributed by atoms with Crippen molar-refractivity contribution in [2.75, 3.05) is 33.3 Å². The van der Waals surface area contributed by atoms with Crippen LogP contribution >= 0.6 is 0 Å². The molecule has 36 heavy (non-hydrogen) atoms. The lowest BCUT2D eigenvalue weighted by molar-refractivity contribution is -0.133. The second kappa shape index (κ2) is 10.1. The molecule has 1 saturated heterocycles. The lowest BCUT2D eigenvalue weighted by Crippen LogP contribution is -2.49. The van der Waals surface area contributed by atoms with E-state index in [1.54, 1.807) is 18.0 Å². The van der Waals surface area contributed by atoms with Crippen LogP contribution in [0.5, 0.6) is 5.75 Å². The number of aromatic nitrogens is 5. The van der Waals surface area contributed by atoms with E-state index >= 15 is 0 Å². The van der Waals surface area contributed by atoms with Crippen LogP contribution in [0.25, 0.3) is 22.2 Å². The molecular formula is C27H33N7O2. The molecule has 9 nitrogen and oxygen atoms in total. The normalized spacial score (nSPS) is 14.5. The van der Waals surface area contributed by atoms with E-state index in [0.29, 0.717) is 13.1 Å². The molecule has 0 spiro atoms. The average molecular weight is 488 g/mol. The van der Waals surface area contributed by atoms with E-state index in [4.69, 9.17) is 9.84 Å². The average Bonchev–Trinajstić information content (AvgIpc) is 3.43.